The van der Waals surface area contributed by atoms with Crippen molar-refractivity contribution in [2.75, 3.05) is 6.61 Å². The quantitative estimate of drug-likeness (QED) is 0.162. The number of halogens is 1. The van der Waals surface area contributed by atoms with Gasteiger partial charge in [0.1, 0.15) is 11.6 Å². The van der Waals surface area contributed by atoms with Crippen LogP contribution in [0.1, 0.15) is 19.4 Å². The minimum atomic E-state index is -1.02. The Morgan fingerprint density at radius 2 is 1.31 bits per heavy atom. The first kappa shape index (κ1) is 25.1. The number of esters is 1. The molecule has 4 aromatic carbocycles. The normalized spacial score (nSPS) is 10.9. The van der Waals surface area contributed by atoms with E-state index in [1.165, 1.54) is 21.9 Å². The number of carbonyl (C=O) groups excluding carboxylic acids is 1. The van der Waals surface area contributed by atoms with Crippen LogP contribution in [0.5, 0.6) is 5.75 Å². The number of hydrogen-bond donors (Lipinski definition) is 0. The Morgan fingerprint density at radius 1 is 0.778 bits per heavy atom. The van der Waals surface area contributed by atoms with Crippen molar-refractivity contribution in [1.29, 1.82) is 0 Å². The molecular formula is C31H26FO3S+. The number of carbonyl (C=O) groups is 1. The van der Waals surface area contributed by atoms with E-state index in [4.69, 9.17) is 9.47 Å². The van der Waals surface area contributed by atoms with Crippen LogP contribution in [0, 0.1) is 17.7 Å². The van der Waals surface area contributed by atoms with E-state index in [2.05, 4.69) is 36.1 Å². The molecule has 0 spiro atoms. The molecule has 0 heterocycles. The molecular weight excluding hydrogens is 471 g/mol. The highest BCUT2D eigenvalue weighted by atomic mass is 32.2. The van der Waals surface area contributed by atoms with Crippen LogP contribution in [0.4, 0.5) is 4.39 Å². The van der Waals surface area contributed by atoms with Gasteiger partial charge in [0, 0.05) is 5.56 Å². The highest BCUT2D eigenvalue weighted by Crippen LogP contribution is 2.31. The molecule has 0 aromatic heterocycles. The van der Waals surface area contributed by atoms with Gasteiger partial charge in [-0.15, -0.1) is 0 Å². The first-order valence-electron chi connectivity index (χ1n) is 11.5. The van der Waals surface area contributed by atoms with E-state index in [0.717, 1.165) is 4.90 Å². The summed E-state index contributed by atoms with van der Waals surface area (Å²) in [4.78, 5) is 16.0. The zero-order valence-electron chi connectivity index (χ0n) is 20.1. The standard InChI is InChI=1S/C31H26FO3S/c1-31(2,22-21-24-13-15-25(32)16-14-24)35-30(33)23-34-26-17-19-29(20-18-26)36(27-9-5-3-6-10-27)28-11-7-4-8-12-28/h3-20H,23H2,1-2H3/q+1. The van der Waals surface area contributed by atoms with Crippen LogP contribution in [0.2, 0.25) is 0 Å². The molecule has 5 heteroatoms. The van der Waals surface area contributed by atoms with Gasteiger partial charge in [0.25, 0.3) is 0 Å². The third-order valence-electron chi connectivity index (χ3n) is 5.10. The number of rotatable bonds is 7. The lowest BCUT2D eigenvalue weighted by Gasteiger charge is -2.19. The molecule has 4 aromatic rings. The Kier molecular flexibility index (Phi) is 8.10. The summed E-state index contributed by atoms with van der Waals surface area (Å²) in [5, 5.41) is 0. The van der Waals surface area contributed by atoms with Gasteiger partial charge in [-0.05, 0) is 86.6 Å². The van der Waals surface area contributed by atoms with E-state index in [1.54, 1.807) is 26.0 Å². The second kappa shape index (κ2) is 11.6. The monoisotopic (exact) mass is 497 g/mol. The molecule has 0 fully saturated rings. The number of benzene rings is 4. The molecule has 0 saturated carbocycles. The van der Waals surface area contributed by atoms with Gasteiger partial charge >= 0.3 is 5.97 Å². The van der Waals surface area contributed by atoms with Crippen LogP contribution in [0.15, 0.2) is 124 Å². The van der Waals surface area contributed by atoms with E-state index < -0.39 is 11.6 Å². The van der Waals surface area contributed by atoms with E-state index in [-0.39, 0.29) is 23.3 Å². The van der Waals surface area contributed by atoms with Gasteiger partial charge in [-0.3, -0.25) is 0 Å². The lowest BCUT2D eigenvalue weighted by Crippen LogP contribution is -2.29. The second-order valence-electron chi connectivity index (χ2n) is 8.43. The van der Waals surface area contributed by atoms with Crippen molar-refractivity contribution in [1.82, 2.24) is 0 Å². The van der Waals surface area contributed by atoms with Gasteiger partial charge in [-0.1, -0.05) is 48.2 Å². The van der Waals surface area contributed by atoms with Crippen LogP contribution in [0.3, 0.4) is 0 Å². The fraction of sp³-hybridized carbons (Fsp3) is 0.129. The van der Waals surface area contributed by atoms with Gasteiger partial charge in [0.15, 0.2) is 26.9 Å². The van der Waals surface area contributed by atoms with E-state index in [9.17, 15) is 9.18 Å². The topological polar surface area (TPSA) is 35.5 Å². The number of ether oxygens (including phenoxy) is 2. The highest BCUT2D eigenvalue weighted by Gasteiger charge is 2.28. The molecule has 0 aliphatic rings. The van der Waals surface area contributed by atoms with Gasteiger partial charge < -0.3 is 9.47 Å². The Morgan fingerprint density at radius 3 is 1.86 bits per heavy atom. The summed E-state index contributed by atoms with van der Waals surface area (Å²) in [7, 11) is -0.252. The molecule has 0 atom stereocenters. The van der Waals surface area contributed by atoms with Crippen LogP contribution < -0.4 is 4.74 Å². The minimum Gasteiger partial charge on any atom is -0.482 e. The first-order chi connectivity index (χ1) is 17.4. The molecule has 0 unspecified atom stereocenters. The molecule has 0 radical (unpaired) electrons. The summed E-state index contributed by atoms with van der Waals surface area (Å²) in [6.07, 6.45) is 0. The van der Waals surface area contributed by atoms with Crippen LogP contribution >= 0.6 is 0 Å². The molecule has 180 valence electrons. The molecule has 0 amide bonds. The maximum atomic E-state index is 13.0. The summed E-state index contributed by atoms with van der Waals surface area (Å²) in [5.74, 6) is 5.54. The molecule has 0 aliphatic heterocycles. The zero-order valence-corrected chi connectivity index (χ0v) is 20.9. The van der Waals surface area contributed by atoms with E-state index >= 15 is 0 Å². The Bertz CT molecular complexity index is 1300. The van der Waals surface area contributed by atoms with Crippen molar-refractivity contribution in [3.05, 3.63) is 121 Å². The first-order valence-corrected chi connectivity index (χ1v) is 12.7. The highest BCUT2D eigenvalue weighted by molar-refractivity contribution is 7.97. The third-order valence-corrected chi connectivity index (χ3v) is 7.33. The summed E-state index contributed by atoms with van der Waals surface area (Å²) >= 11 is 0. The predicted octanol–water partition coefficient (Wildman–Crippen LogP) is 6.67. The van der Waals surface area contributed by atoms with Crippen molar-refractivity contribution < 1.29 is 18.7 Å². The summed E-state index contributed by atoms with van der Waals surface area (Å²) in [6, 6.07) is 34.4. The summed E-state index contributed by atoms with van der Waals surface area (Å²) in [5.41, 5.74) is -0.375. The van der Waals surface area contributed by atoms with Gasteiger partial charge in [-0.2, -0.15) is 0 Å². The van der Waals surface area contributed by atoms with Crippen LogP contribution in [-0.2, 0) is 20.4 Å². The number of hydrogen-bond acceptors (Lipinski definition) is 3. The molecule has 0 saturated heterocycles. The van der Waals surface area contributed by atoms with Crippen molar-refractivity contribution in [2.45, 2.75) is 34.1 Å². The second-order valence-corrected chi connectivity index (χ2v) is 10.5. The average Bonchev–Trinajstić information content (AvgIpc) is 2.89. The van der Waals surface area contributed by atoms with Crippen LogP contribution in [0.25, 0.3) is 0 Å². The molecule has 4 rings (SSSR count). The Balaban J connectivity index is 1.39. The van der Waals surface area contributed by atoms with Crippen molar-refractivity contribution >= 4 is 16.9 Å². The largest absolute Gasteiger partial charge is 0.482 e. The van der Waals surface area contributed by atoms with Crippen LogP contribution in [-0.4, -0.2) is 18.2 Å². The molecule has 3 nitrogen and oxygen atoms in total. The lowest BCUT2D eigenvalue weighted by atomic mass is 10.1. The lowest BCUT2D eigenvalue weighted by molar-refractivity contribution is -0.154. The predicted molar refractivity (Wildman–Crippen MR) is 140 cm³/mol. The van der Waals surface area contributed by atoms with Crippen molar-refractivity contribution in [2.24, 2.45) is 0 Å². The Labute approximate surface area is 214 Å². The SMILES string of the molecule is CC(C)(C#Cc1ccc(F)cc1)OC(=O)COc1ccc([S+](c2ccccc2)c2ccccc2)cc1. The maximum Gasteiger partial charge on any atom is 0.345 e. The van der Waals surface area contributed by atoms with Crippen molar-refractivity contribution in [3.8, 4) is 17.6 Å². The van der Waals surface area contributed by atoms with E-state index in [0.29, 0.717) is 11.3 Å². The fourth-order valence-electron chi connectivity index (χ4n) is 3.43. The van der Waals surface area contributed by atoms with Gasteiger partial charge in [-0.25, -0.2) is 9.18 Å². The fourth-order valence-corrected chi connectivity index (χ4v) is 5.51. The molecule has 0 N–H and O–H groups in total. The maximum absolute atomic E-state index is 13.0. The summed E-state index contributed by atoms with van der Waals surface area (Å²) < 4.78 is 24.2. The Hall–Kier alpha value is -4.01. The molecule has 0 aliphatic carbocycles. The average molecular weight is 498 g/mol. The molecule has 36 heavy (non-hydrogen) atoms. The van der Waals surface area contributed by atoms with E-state index in [1.807, 2.05) is 60.7 Å². The smallest absolute Gasteiger partial charge is 0.345 e. The molecule has 0 bridgehead atoms. The zero-order chi connectivity index (χ0) is 25.4. The van der Waals surface area contributed by atoms with Gasteiger partial charge in [0.05, 0.1) is 10.9 Å². The minimum absolute atomic E-state index is 0.232. The third kappa shape index (κ3) is 7.00. The van der Waals surface area contributed by atoms with Gasteiger partial charge in [0.2, 0.25) is 0 Å². The summed E-state index contributed by atoms with van der Waals surface area (Å²) in [6.45, 7) is 3.17. The van der Waals surface area contributed by atoms with Crippen molar-refractivity contribution in [3.63, 3.8) is 0 Å².